The summed E-state index contributed by atoms with van der Waals surface area (Å²) in [7, 11) is -3.81. The van der Waals surface area contributed by atoms with Crippen molar-refractivity contribution in [2.75, 3.05) is 23.1 Å². The molecule has 104 valence electrons. The van der Waals surface area contributed by atoms with Gasteiger partial charge in [0, 0.05) is 18.8 Å². The van der Waals surface area contributed by atoms with Crippen molar-refractivity contribution in [3.05, 3.63) is 24.3 Å². The summed E-state index contributed by atoms with van der Waals surface area (Å²) < 4.78 is 24.0. The van der Waals surface area contributed by atoms with Gasteiger partial charge in [-0.3, -0.25) is 4.72 Å². The Morgan fingerprint density at radius 3 is 2.47 bits per heavy atom. The number of anilines is 2. The quantitative estimate of drug-likeness (QED) is 0.769. The van der Waals surface area contributed by atoms with Gasteiger partial charge >= 0.3 is 6.03 Å². The number of carbonyl (C=O) groups is 1. The van der Waals surface area contributed by atoms with Gasteiger partial charge in [0.05, 0.1) is 5.69 Å². The lowest BCUT2D eigenvalue weighted by molar-refractivity contribution is 0.222. The molecular weight excluding hydrogens is 268 g/mol. The molecule has 2 rings (SSSR count). The van der Waals surface area contributed by atoms with Gasteiger partial charge in [-0.2, -0.15) is 8.42 Å². The molecule has 2 amide bonds. The molecule has 1 aromatic carbocycles. The third kappa shape index (κ3) is 4.11. The molecule has 0 aliphatic carbocycles. The van der Waals surface area contributed by atoms with Crippen molar-refractivity contribution in [2.24, 2.45) is 5.14 Å². The zero-order valence-electron chi connectivity index (χ0n) is 10.3. The van der Waals surface area contributed by atoms with Crippen LogP contribution in [0.4, 0.5) is 16.2 Å². The molecule has 0 unspecified atom stereocenters. The number of carbonyl (C=O) groups excluding carboxylic acids is 1. The van der Waals surface area contributed by atoms with Gasteiger partial charge in [0.25, 0.3) is 10.2 Å². The molecule has 4 N–H and O–H groups in total. The average Bonchev–Trinajstić information content (AvgIpc) is 2.80. The van der Waals surface area contributed by atoms with E-state index in [1.54, 1.807) is 23.1 Å². The highest BCUT2D eigenvalue weighted by Crippen LogP contribution is 2.17. The standard InChI is InChI=1S/C11H16N4O3S/c12-19(17,18)14-10-5-3-4-9(8-10)13-11(16)15-6-1-2-7-15/h3-5,8,14H,1-2,6-7H2,(H,13,16)(H2,12,17,18). The van der Waals surface area contributed by atoms with Crippen LogP contribution in [-0.2, 0) is 10.2 Å². The van der Waals surface area contributed by atoms with Crippen molar-refractivity contribution in [1.82, 2.24) is 4.90 Å². The number of hydrogen-bond donors (Lipinski definition) is 3. The largest absolute Gasteiger partial charge is 0.325 e. The number of nitrogens with two attached hydrogens (primary N) is 1. The Kier molecular flexibility index (Phi) is 3.91. The van der Waals surface area contributed by atoms with Crippen LogP contribution in [0.15, 0.2) is 24.3 Å². The van der Waals surface area contributed by atoms with Crippen LogP contribution < -0.4 is 15.2 Å². The number of urea groups is 1. The van der Waals surface area contributed by atoms with Crippen LogP contribution in [0, 0.1) is 0 Å². The van der Waals surface area contributed by atoms with E-state index in [1.165, 1.54) is 6.07 Å². The van der Waals surface area contributed by atoms with Gasteiger partial charge in [0.15, 0.2) is 0 Å². The van der Waals surface area contributed by atoms with Crippen LogP contribution in [-0.4, -0.2) is 32.4 Å². The van der Waals surface area contributed by atoms with E-state index in [2.05, 4.69) is 10.0 Å². The second-order valence-electron chi connectivity index (χ2n) is 4.35. The third-order valence-corrected chi connectivity index (χ3v) is 3.29. The summed E-state index contributed by atoms with van der Waals surface area (Å²) >= 11 is 0. The summed E-state index contributed by atoms with van der Waals surface area (Å²) in [4.78, 5) is 13.6. The van der Waals surface area contributed by atoms with Crippen molar-refractivity contribution in [3.63, 3.8) is 0 Å². The molecule has 1 aliphatic rings. The molecule has 0 spiro atoms. The van der Waals surface area contributed by atoms with E-state index in [9.17, 15) is 13.2 Å². The summed E-state index contributed by atoms with van der Waals surface area (Å²) in [5.41, 5.74) is 0.826. The van der Waals surface area contributed by atoms with Crippen molar-refractivity contribution in [3.8, 4) is 0 Å². The Balaban J connectivity index is 2.04. The van der Waals surface area contributed by atoms with E-state index >= 15 is 0 Å². The lowest BCUT2D eigenvalue weighted by Gasteiger charge is -2.16. The maximum Gasteiger partial charge on any atom is 0.321 e. The monoisotopic (exact) mass is 284 g/mol. The van der Waals surface area contributed by atoms with Gasteiger partial charge in [-0.05, 0) is 31.0 Å². The first-order chi connectivity index (χ1) is 8.94. The van der Waals surface area contributed by atoms with Gasteiger partial charge in [0.1, 0.15) is 0 Å². The SMILES string of the molecule is NS(=O)(=O)Nc1cccc(NC(=O)N2CCCC2)c1. The minimum absolute atomic E-state index is 0.176. The second kappa shape index (κ2) is 5.45. The van der Waals surface area contributed by atoms with E-state index in [0.717, 1.165) is 25.9 Å². The number of hydrogen-bond acceptors (Lipinski definition) is 3. The number of nitrogens with one attached hydrogen (secondary N) is 2. The molecule has 0 saturated carbocycles. The highest BCUT2D eigenvalue weighted by molar-refractivity contribution is 7.90. The van der Waals surface area contributed by atoms with Gasteiger partial charge in [-0.1, -0.05) is 6.07 Å². The number of benzene rings is 1. The summed E-state index contributed by atoms with van der Waals surface area (Å²) in [5, 5.41) is 7.61. The fourth-order valence-corrected chi connectivity index (χ4v) is 2.40. The van der Waals surface area contributed by atoms with Gasteiger partial charge in [0.2, 0.25) is 0 Å². The average molecular weight is 284 g/mol. The smallest absolute Gasteiger partial charge is 0.321 e. The second-order valence-corrected chi connectivity index (χ2v) is 5.65. The molecule has 1 fully saturated rings. The summed E-state index contributed by atoms with van der Waals surface area (Å²) in [6.45, 7) is 1.50. The Labute approximate surface area is 112 Å². The van der Waals surface area contributed by atoms with Crippen molar-refractivity contribution < 1.29 is 13.2 Å². The normalized spacial score (nSPS) is 15.3. The first-order valence-electron chi connectivity index (χ1n) is 5.90. The first kappa shape index (κ1) is 13.6. The highest BCUT2D eigenvalue weighted by Gasteiger charge is 2.17. The molecule has 1 aliphatic heterocycles. The lowest BCUT2D eigenvalue weighted by Crippen LogP contribution is -2.32. The Morgan fingerprint density at radius 1 is 1.21 bits per heavy atom. The van der Waals surface area contributed by atoms with Gasteiger partial charge < -0.3 is 10.2 Å². The maximum atomic E-state index is 11.9. The molecule has 1 aromatic rings. The van der Waals surface area contributed by atoms with Gasteiger partial charge in [-0.25, -0.2) is 9.93 Å². The number of nitrogens with zero attached hydrogens (tertiary/aromatic N) is 1. The predicted octanol–water partition coefficient (Wildman–Crippen LogP) is 0.930. The van der Waals surface area contributed by atoms with Crippen LogP contribution in [0.1, 0.15) is 12.8 Å². The van der Waals surface area contributed by atoms with E-state index in [1.807, 2.05) is 0 Å². The van der Waals surface area contributed by atoms with Crippen LogP contribution in [0.3, 0.4) is 0 Å². The molecule has 1 saturated heterocycles. The number of amides is 2. The van der Waals surface area contributed by atoms with E-state index in [4.69, 9.17) is 5.14 Å². The molecular formula is C11H16N4O3S. The van der Waals surface area contributed by atoms with Crippen molar-refractivity contribution in [2.45, 2.75) is 12.8 Å². The van der Waals surface area contributed by atoms with Crippen LogP contribution in [0.5, 0.6) is 0 Å². The molecule has 0 atom stereocenters. The Morgan fingerprint density at radius 2 is 1.84 bits per heavy atom. The molecule has 0 bridgehead atoms. The molecule has 0 radical (unpaired) electrons. The summed E-state index contributed by atoms with van der Waals surface area (Å²) in [6, 6.07) is 6.20. The summed E-state index contributed by atoms with van der Waals surface area (Å²) in [6.07, 6.45) is 2.03. The van der Waals surface area contributed by atoms with Crippen LogP contribution >= 0.6 is 0 Å². The minimum Gasteiger partial charge on any atom is -0.325 e. The molecule has 0 aromatic heterocycles. The highest BCUT2D eigenvalue weighted by atomic mass is 32.2. The maximum absolute atomic E-state index is 11.9. The number of rotatable bonds is 3. The van der Waals surface area contributed by atoms with Crippen molar-refractivity contribution >= 4 is 27.6 Å². The predicted molar refractivity (Wildman–Crippen MR) is 73.0 cm³/mol. The first-order valence-corrected chi connectivity index (χ1v) is 7.45. The Bertz CT molecular complexity index is 567. The molecule has 1 heterocycles. The van der Waals surface area contributed by atoms with Crippen LogP contribution in [0.25, 0.3) is 0 Å². The van der Waals surface area contributed by atoms with Gasteiger partial charge in [-0.15, -0.1) is 0 Å². The lowest BCUT2D eigenvalue weighted by atomic mass is 10.3. The topological polar surface area (TPSA) is 105 Å². The number of likely N-dealkylation sites (tertiary alicyclic amines) is 1. The van der Waals surface area contributed by atoms with E-state index in [-0.39, 0.29) is 6.03 Å². The molecule has 8 heteroatoms. The molecule has 19 heavy (non-hydrogen) atoms. The zero-order chi connectivity index (χ0) is 13.9. The fraction of sp³-hybridized carbons (Fsp3) is 0.364. The zero-order valence-corrected chi connectivity index (χ0v) is 11.1. The van der Waals surface area contributed by atoms with Crippen LogP contribution in [0.2, 0.25) is 0 Å². The summed E-state index contributed by atoms with van der Waals surface area (Å²) in [5.74, 6) is 0. The third-order valence-electron chi connectivity index (χ3n) is 2.77. The minimum atomic E-state index is -3.81. The van der Waals surface area contributed by atoms with E-state index in [0.29, 0.717) is 11.4 Å². The Hall–Kier alpha value is -1.80. The molecule has 7 nitrogen and oxygen atoms in total. The van der Waals surface area contributed by atoms with Crippen molar-refractivity contribution in [1.29, 1.82) is 0 Å². The van der Waals surface area contributed by atoms with E-state index < -0.39 is 10.2 Å². The fourth-order valence-electron chi connectivity index (χ4n) is 1.95.